The largest absolute Gasteiger partial charge is 0.198 e. The molecule has 0 saturated heterocycles. The topological polar surface area (TPSA) is 23.8 Å². The van der Waals surface area contributed by atoms with Crippen LogP contribution in [0.15, 0.2) is 48.6 Å². The van der Waals surface area contributed by atoms with Crippen molar-refractivity contribution < 1.29 is 0 Å². The van der Waals surface area contributed by atoms with Gasteiger partial charge in [0.15, 0.2) is 0 Å². The highest BCUT2D eigenvalue weighted by atomic mass is 14.3. The second-order valence-corrected chi connectivity index (χ2v) is 4.18. The number of nitrogens with zero attached hydrogens (tertiary/aromatic N) is 1. The van der Waals surface area contributed by atoms with Crippen LogP contribution in [-0.2, 0) is 0 Å². The molecule has 0 fully saturated rings. The Balaban J connectivity index is 2.34. The van der Waals surface area contributed by atoms with Crippen LogP contribution in [0.4, 0.5) is 0 Å². The molecule has 1 aliphatic carbocycles. The van der Waals surface area contributed by atoms with Gasteiger partial charge < -0.3 is 0 Å². The maximum Gasteiger partial charge on any atom is 0.0659 e. The van der Waals surface area contributed by atoms with Crippen LogP contribution in [0, 0.1) is 23.2 Å². The molecule has 1 aromatic rings. The molecule has 16 heavy (non-hydrogen) atoms. The van der Waals surface area contributed by atoms with Gasteiger partial charge in [0.1, 0.15) is 0 Å². The minimum atomic E-state index is 0.0661. The van der Waals surface area contributed by atoms with E-state index in [0.29, 0.717) is 5.92 Å². The van der Waals surface area contributed by atoms with E-state index in [2.05, 4.69) is 36.4 Å². The van der Waals surface area contributed by atoms with E-state index >= 15 is 0 Å². The molecule has 1 nitrogen and oxygen atoms in total. The van der Waals surface area contributed by atoms with Crippen molar-refractivity contribution in [2.24, 2.45) is 11.8 Å². The molecule has 0 aliphatic heterocycles. The Labute approximate surface area is 96.7 Å². The van der Waals surface area contributed by atoms with Crippen molar-refractivity contribution in [1.82, 2.24) is 0 Å². The van der Waals surface area contributed by atoms with Crippen molar-refractivity contribution in [3.63, 3.8) is 0 Å². The molecule has 0 spiro atoms. The highest BCUT2D eigenvalue weighted by Gasteiger charge is 2.22. The number of nitriles is 1. The Morgan fingerprint density at radius 3 is 2.75 bits per heavy atom. The summed E-state index contributed by atoms with van der Waals surface area (Å²) in [7, 11) is 0. The smallest absolute Gasteiger partial charge is 0.0659 e. The zero-order chi connectivity index (χ0) is 11.4. The molecule has 80 valence electrons. The lowest BCUT2D eigenvalue weighted by atomic mass is 9.79. The lowest BCUT2D eigenvalue weighted by Gasteiger charge is -2.23. The third-order valence-corrected chi connectivity index (χ3v) is 3.12. The number of allylic oxidation sites excluding steroid dienone is 4. The maximum absolute atomic E-state index is 9.05. The average molecular weight is 209 g/mol. The van der Waals surface area contributed by atoms with Crippen molar-refractivity contribution in [2.75, 3.05) is 0 Å². The van der Waals surface area contributed by atoms with E-state index in [4.69, 9.17) is 5.26 Å². The summed E-state index contributed by atoms with van der Waals surface area (Å²) in [6.45, 7) is 2.00. The van der Waals surface area contributed by atoms with E-state index in [1.54, 1.807) is 0 Å². The Hall–Kier alpha value is -1.81. The minimum absolute atomic E-state index is 0.0661. The molecular weight excluding hydrogens is 194 g/mol. The van der Waals surface area contributed by atoms with Crippen LogP contribution in [0.25, 0.3) is 5.57 Å². The van der Waals surface area contributed by atoms with E-state index in [-0.39, 0.29) is 5.92 Å². The molecule has 0 amide bonds. The first kappa shape index (κ1) is 10.7. The van der Waals surface area contributed by atoms with Gasteiger partial charge in [-0.15, -0.1) is 0 Å². The minimum Gasteiger partial charge on any atom is -0.198 e. The molecule has 2 unspecified atom stereocenters. The summed E-state index contributed by atoms with van der Waals surface area (Å²) in [4.78, 5) is 0. The molecular formula is C15H15N. The molecule has 0 saturated carbocycles. The predicted molar refractivity (Wildman–Crippen MR) is 66.4 cm³/mol. The zero-order valence-electron chi connectivity index (χ0n) is 9.43. The van der Waals surface area contributed by atoms with Crippen molar-refractivity contribution in [2.45, 2.75) is 13.3 Å². The molecule has 1 aliphatic rings. The second kappa shape index (κ2) is 4.81. The third kappa shape index (κ3) is 2.06. The van der Waals surface area contributed by atoms with Gasteiger partial charge in [-0.05, 0) is 24.5 Å². The number of benzene rings is 1. The SMILES string of the molecule is CC(C#N)C1CC=CC=C1c1ccccc1. The average Bonchev–Trinajstić information content (AvgIpc) is 2.39. The van der Waals surface area contributed by atoms with Gasteiger partial charge in [-0.2, -0.15) is 5.26 Å². The molecule has 0 heterocycles. The highest BCUT2D eigenvalue weighted by Crippen LogP contribution is 2.34. The van der Waals surface area contributed by atoms with Gasteiger partial charge in [-0.1, -0.05) is 48.6 Å². The number of hydrogen-bond acceptors (Lipinski definition) is 1. The molecule has 1 aromatic carbocycles. The zero-order valence-corrected chi connectivity index (χ0v) is 9.43. The van der Waals surface area contributed by atoms with Gasteiger partial charge in [-0.25, -0.2) is 0 Å². The lowest BCUT2D eigenvalue weighted by Crippen LogP contribution is -2.13. The molecule has 2 atom stereocenters. The summed E-state index contributed by atoms with van der Waals surface area (Å²) in [6, 6.07) is 12.7. The first-order valence-corrected chi connectivity index (χ1v) is 5.64. The van der Waals surface area contributed by atoms with E-state index in [0.717, 1.165) is 6.42 Å². The quantitative estimate of drug-likeness (QED) is 0.726. The van der Waals surface area contributed by atoms with Crippen molar-refractivity contribution in [1.29, 1.82) is 5.26 Å². The van der Waals surface area contributed by atoms with E-state index < -0.39 is 0 Å². The lowest BCUT2D eigenvalue weighted by molar-refractivity contribution is 0.541. The van der Waals surface area contributed by atoms with Crippen LogP contribution in [0.5, 0.6) is 0 Å². The van der Waals surface area contributed by atoms with Gasteiger partial charge in [0.05, 0.1) is 12.0 Å². The van der Waals surface area contributed by atoms with Crippen molar-refractivity contribution >= 4 is 5.57 Å². The van der Waals surface area contributed by atoms with Gasteiger partial charge >= 0.3 is 0 Å². The summed E-state index contributed by atoms with van der Waals surface area (Å²) in [5.41, 5.74) is 2.52. The second-order valence-electron chi connectivity index (χ2n) is 4.18. The Morgan fingerprint density at radius 2 is 2.06 bits per heavy atom. The predicted octanol–water partition coefficient (Wildman–Crippen LogP) is 3.81. The fourth-order valence-corrected chi connectivity index (χ4v) is 2.15. The summed E-state index contributed by atoms with van der Waals surface area (Å²) in [6.07, 6.45) is 7.33. The van der Waals surface area contributed by atoms with E-state index in [1.165, 1.54) is 11.1 Å². The van der Waals surface area contributed by atoms with Crippen LogP contribution in [-0.4, -0.2) is 0 Å². The van der Waals surface area contributed by atoms with Gasteiger partial charge in [0.2, 0.25) is 0 Å². The summed E-state index contributed by atoms with van der Waals surface area (Å²) < 4.78 is 0. The molecule has 2 rings (SSSR count). The molecule has 0 N–H and O–H groups in total. The Bertz CT molecular complexity index is 448. The molecule has 0 aromatic heterocycles. The first-order valence-electron chi connectivity index (χ1n) is 5.64. The van der Waals surface area contributed by atoms with Crippen molar-refractivity contribution in [3.8, 4) is 6.07 Å². The van der Waals surface area contributed by atoms with Crippen LogP contribution in [0.3, 0.4) is 0 Å². The molecule has 0 radical (unpaired) electrons. The van der Waals surface area contributed by atoms with Gasteiger partial charge in [0.25, 0.3) is 0 Å². The summed E-state index contributed by atoms with van der Waals surface area (Å²) >= 11 is 0. The van der Waals surface area contributed by atoms with Crippen LogP contribution in [0.1, 0.15) is 18.9 Å². The fourth-order valence-electron chi connectivity index (χ4n) is 2.15. The van der Waals surface area contributed by atoms with Gasteiger partial charge in [-0.3, -0.25) is 0 Å². The van der Waals surface area contributed by atoms with Crippen LogP contribution >= 0.6 is 0 Å². The third-order valence-electron chi connectivity index (χ3n) is 3.12. The fraction of sp³-hybridized carbons (Fsp3) is 0.267. The summed E-state index contributed by atoms with van der Waals surface area (Å²) in [5, 5.41) is 9.05. The standard InChI is InChI=1S/C15H15N/c1-12(11-16)14-9-5-6-10-15(14)13-7-3-2-4-8-13/h2-8,10,12,14H,9H2,1H3. The number of rotatable bonds is 2. The van der Waals surface area contributed by atoms with Gasteiger partial charge in [0, 0.05) is 5.92 Å². The first-order chi connectivity index (χ1) is 7.83. The molecule has 0 bridgehead atoms. The Kier molecular flexibility index (Phi) is 3.22. The number of hydrogen-bond donors (Lipinski definition) is 0. The van der Waals surface area contributed by atoms with E-state index in [1.807, 2.05) is 25.1 Å². The van der Waals surface area contributed by atoms with Crippen LogP contribution < -0.4 is 0 Å². The highest BCUT2D eigenvalue weighted by molar-refractivity contribution is 5.70. The van der Waals surface area contributed by atoms with Crippen LogP contribution in [0.2, 0.25) is 0 Å². The monoisotopic (exact) mass is 209 g/mol. The maximum atomic E-state index is 9.05. The van der Waals surface area contributed by atoms with Crippen molar-refractivity contribution in [3.05, 3.63) is 54.1 Å². The summed E-state index contributed by atoms with van der Waals surface area (Å²) in [5.74, 6) is 0.397. The van der Waals surface area contributed by atoms with E-state index in [9.17, 15) is 0 Å². The molecule has 1 heteroatoms. The normalized spacial score (nSPS) is 21.0. The Morgan fingerprint density at radius 1 is 1.31 bits per heavy atom.